The first-order chi connectivity index (χ1) is 25.3. The van der Waals surface area contributed by atoms with Crippen molar-refractivity contribution in [2.24, 2.45) is 0 Å². The van der Waals surface area contributed by atoms with Crippen LogP contribution in [0.3, 0.4) is 0 Å². The van der Waals surface area contributed by atoms with Gasteiger partial charge in [0.2, 0.25) is 0 Å². The van der Waals surface area contributed by atoms with E-state index in [1.54, 1.807) is 0 Å². The van der Waals surface area contributed by atoms with E-state index in [1.165, 1.54) is 42.3 Å². The molecule has 8 aromatic rings. The van der Waals surface area contributed by atoms with Gasteiger partial charge in [0.25, 0.3) is 0 Å². The van der Waals surface area contributed by atoms with Crippen LogP contribution in [0.25, 0.3) is 28.5 Å². The molecule has 0 N–H and O–H groups in total. The van der Waals surface area contributed by atoms with E-state index in [1.807, 2.05) is 46.4 Å². The van der Waals surface area contributed by atoms with Gasteiger partial charge in [0.15, 0.2) is 11.6 Å². The molecule has 3 heterocycles. The van der Waals surface area contributed by atoms with Crippen LogP contribution in [0.2, 0.25) is 0 Å². The molecular weight excluding hydrogens is 663 g/mol. The highest BCUT2D eigenvalue weighted by Gasteiger charge is 2.26. The first-order valence-electron chi connectivity index (χ1n) is 16.8. The Morgan fingerprint density at radius 3 is 1.22 bits per heavy atom. The molecular formula is C44H29N5S2. The second kappa shape index (κ2) is 12.4. The van der Waals surface area contributed by atoms with Gasteiger partial charge < -0.3 is 9.80 Å². The minimum Gasteiger partial charge on any atom is -0.308 e. The number of fused-ring (bicyclic) bond motifs is 4. The summed E-state index contributed by atoms with van der Waals surface area (Å²) in [7, 11) is 0. The first-order valence-corrected chi connectivity index (χ1v) is 18.5. The predicted octanol–water partition coefficient (Wildman–Crippen LogP) is 12.5. The standard InChI is InChI=1S/C44H29N5S2/c1-2-12-30(13-3-1)43-45-44(31-22-24-32(25-23-31)47-35-14-4-8-18-39(35)50-40-19-9-5-15-36(40)47)49(46-43)34-28-26-33(27-29-34)48-37-16-6-10-20-41(37)51-42-21-11-7-17-38(42)48/h1-29H. The summed E-state index contributed by atoms with van der Waals surface area (Å²) >= 11 is 3.63. The Morgan fingerprint density at radius 1 is 0.353 bits per heavy atom. The molecule has 0 bridgehead atoms. The molecule has 1 aromatic heterocycles. The van der Waals surface area contributed by atoms with Crippen molar-refractivity contribution in [1.29, 1.82) is 0 Å². The van der Waals surface area contributed by atoms with Gasteiger partial charge in [0.1, 0.15) is 0 Å². The minimum atomic E-state index is 0.686. The fourth-order valence-electron chi connectivity index (χ4n) is 6.86. The molecule has 2 aliphatic heterocycles. The first kappa shape index (κ1) is 29.9. The summed E-state index contributed by atoms with van der Waals surface area (Å²) in [5, 5.41) is 5.09. The summed E-state index contributed by atoms with van der Waals surface area (Å²) in [6.07, 6.45) is 0. The summed E-state index contributed by atoms with van der Waals surface area (Å²) < 4.78 is 1.97. The van der Waals surface area contributed by atoms with Crippen LogP contribution in [0.1, 0.15) is 0 Å². The molecule has 5 nitrogen and oxygen atoms in total. The van der Waals surface area contributed by atoms with Crippen LogP contribution in [-0.2, 0) is 0 Å². The number of aromatic nitrogens is 3. The number of nitrogens with zero attached hydrogens (tertiary/aromatic N) is 5. The van der Waals surface area contributed by atoms with Crippen LogP contribution in [-0.4, -0.2) is 14.8 Å². The second-order valence-electron chi connectivity index (χ2n) is 12.3. The molecule has 0 atom stereocenters. The van der Waals surface area contributed by atoms with Crippen molar-refractivity contribution >= 4 is 57.6 Å². The van der Waals surface area contributed by atoms with Crippen molar-refractivity contribution in [1.82, 2.24) is 14.8 Å². The summed E-state index contributed by atoms with van der Waals surface area (Å²) in [4.78, 5) is 14.8. The third kappa shape index (κ3) is 5.21. The SMILES string of the molecule is c1ccc(-c2nc(-c3ccc(N4c5ccccc5Sc5ccccc54)cc3)n(-c3ccc(N4c5ccccc5Sc5ccccc54)cc3)n2)cc1. The van der Waals surface area contributed by atoms with E-state index in [4.69, 9.17) is 10.1 Å². The number of para-hydroxylation sites is 4. The molecule has 51 heavy (non-hydrogen) atoms. The van der Waals surface area contributed by atoms with Gasteiger partial charge in [-0.25, -0.2) is 9.67 Å². The Kier molecular flexibility index (Phi) is 7.25. The lowest BCUT2D eigenvalue weighted by Crippen LogP contribution is -2.14. The number of hydrogen-bond donors (Lipinski definition) is 0. The average Bonchev–Trinajstić information content (AvgIpc) is 3.65. The van der Waals surface area contributed by atoms with Crippen LogP contribution < -0.4 is 9.80 Å². The third-order valence-electron chi connectivity index (χ3n) is 9.24. The largest absolute Gasteiger partial charge is 0.308 e. The van der Waals surface area contributed by atoms with Crippen molar-refractivity contribution < 1.29 is 0 Å². The maximum Gasteiger partial charge on any atom is 0.182 e. The monoisotopic (exact) mass is 691 g/mol. The summed E-state index contributed by atoms with van der Waals surface area (Å²) in [6, 6.07) is 61.9. The van der Waals surface area contributed by atoms with Gasteiger partial charge in [-0.05, 0) is 97.1 Å². The minimum absolute atomic E-state index is 0.686. The topological polar surface area (TPSA) is 37.2 Å². The van der Waals surface area contributed by atoms with Gasteiger partial charge >= 0.3 is 0 Å². The quantitative estimate of drug-likeness (QED) is 0.179. The molecule has 0 fully saturated rings. The lowest BCUT2D eigenvalue weighted by molar-refractivity contribution is 0.890. The van der Waals surface area contributed by atoms with E-state index in [0.29, 0.717) is 5.82 Å². The van der Waals surface area contributed by atoms with Crippen molar-refractivity contribution in [2.45, 2.75) is 19.6 Å². The fourth-order valence-corrected chi connectivity index (χ4v) is 8.97. The predicted molar refractivity (Wildman–Crippen MR) is 210 cm³/mol. The molecule has 0 spiro atoms. The molecule has 0 unspecified atom stereocenters. The van der Waals surface area contributed by atoms with Crippen molar-refractivity contribution in [3.63, 3.8) is 0 Å². The second-order valence-corrected chi connectivity index (χ2v) is 14.5. The molecule has 2 aliphatic rings. The lowest BCUT2D eigenvalue weighted by atomic mass is 10.1. The Morgan fingerprint density at radius 2 is 0.745 bits per heavy atom. The molecule has 7 heteroatoms. The lowest BCUT2D eigenvalue weighted by Gasteiger charge is -2.33. The summed E-state index contributed by atoms with van der Waals surface area (Å²) in [6.45, 7) is 0. The Balaban J connectivity index is 1.05. The smallest absolute Gasteiger partial charge is 0.182 e. The van der Waals surface area contributed by atoms with Crippen LogP contribution in [0, 0.1) is 0 Å². The fraction of sp³-hybridized carbons (Fsp3) is 0. The molecule has 0 radical (unpaired) electrons. The van der Waals surface area contributed by atoms with Crippen molar-refractivity contribution in [3.8, 4) is 28.5 Å². The zero-order valence-electron chi connectivity index (χ0n) is 27.3. The molecule has 0 saturated heterocycles. The van der Waals surface area contributed by atoms with Crippen molar-refractivity contribution in [3.05, 3.63) is 176 Å². The molecule has 0 aliphatic carbocycles. The van der Waals surface area contributed by atoms with Gasteiger partial charge in [-0.15, -0.1) is 5.10 Å². The van der Waals surface area contributed by atoms with Gasteiger partial charge in [-0.2, -0.15) is 0 Å². The number of anilines is 6. The highest BCUT2D eigenvalue weighted by atomic mass is 32.2. The van der Waals surface area contributed by atoms with E-state index < -0.39 is 0 Å². The van der Waals surface area contributed by atoms with Gasteiger partial charge in [0, 0.05) is 42.1 Å². The number of hydrogen-bond acceptors (Lipinski definition) is 6. The normalized spacial score (nSPS) is 12.9. The zero-order valence-corrected chi connectivity index (χ0v) is 28.9. The summed E-state index contributed by atoms with van der Waals surface area (Å²) in [5.41, 5.74) is 9.81. The average molecular weight is 692 g/mol. The van der Waals surface area contributed by atoms with Gasteiger partial charge in [-0.3, -0.25) is 0 Å². The molecule has 242 valence electrons. The van der Waals surface area contributed by atoms with E-state index in [9.17, 15) is 0 Å². The highest BCUT2D eigenvalue weighted by molar-refractivity contribution is 8.00. The molecule has 0 saturated carbocycles. The molecule has 0 amide bonds. The van der Waals surface area contributed by atoms with Gasteiger partial charge in [-0.1, -0.05) is 102 Å². The summed E-state index contributed by atoms with van der Waals surface area (Å²) in [5.74, 6) is 1.47. The molecule has 7 aromatic carbocycles. The Labute approximate surface area is 304 Å². The van der Waals surface area contributed by atoms with Gasteiger partial charge in [0.05, 0.1) is 28.4 Å². The maximum absolute atomic E-state index is 5.13. The molecule has 10 rings (SSSR count). The van der Waals surface area contributed by atoms with E-state index >= 15 is 0 Å². The van der Waals surface area contributed by atoms with E-state index in [2.05, 4.69) is 168 Å². The van der Waals surface area contributed by atoms with E-state index in [-0.39, 0.29) is 0 Å². The zero-order chi connectivity index (χ0) is 33.7. The third-order valence-corrected chi connectivity index (χ3v) is 11.5. The van der Waals surface area contributed by atoms with Crippen LogP contribution in [0.15, 0.2) is 196 Å². The van der Waals surface area contributed by atoms with Crippen LogP contribution >= 0.6 is 23.5 Å². The highest BCUT2D eigenvalue weighted by Crippen LogP contribution is 2.52. The number of benzene rings is 7. The Hall–Kier alpha value is -6.02. The van der Waals surface area contributed by atoms with Crippen LogP contribution in [0.4, 0.5) is 34.1 Å². The van der Waals surface area contributed by atoms with Crippen LogP contribution in [0.5, 0.6) is 0 Å². The van der Waals surface area contributed by atoms with Crippen molar-refractivity contribution in [2.75, 3.05) is 9.80 Å². The van der Waals surface area contributed by atoms with E-state index in [0.717, 1.165) is 34.0 Å². The maximum atomic E-state index is 5.13. The number of rotatable bonds is 5. The Bertz CT molecular complexity index is 2300.